The van der Waals surface area contributed by atoms with Crippen LogP contribution >= 0.6 is 0 Å². The third kappa shape index (κ3) is 2.82. The fraction of sp³-hybridized carbons (Fsp3) is 0.308. The Morgan fingerprint density at radius 3 is 2.69 bits per heavy atom. The Morgan fingerprint density at radius 1 is 1.04 bits per heavy atom. The van der Waals surface area contributed by atoms with Gasteiger partial charge in [0.15, 0.2) is 0 Å². The predicted octanol–water partition coefficient (Wildman–Crippen LogP) is 6.60. The lowest BCUT2D eigenvalue weighted by atomic mass is 9.73. The summed E-state index contributed by atoms with van der Waals surface area (Å²) in [5.74, 6) is 7.18. The van der Waals surface area contributed by atoms with E-state index in [0.29, 0.717) is 0 Å². The first-order valence-electron chi connectivity index (χ1n) is 9.81. The molecule has 4 rings (SSSR count). The minimum Gasteiger partial charge on any atom is -0.102 e. The van der Waals surface area contributed by atoms with Crippen molar-refractivity contribution in [2.24, 2.45) is 0 Å². The Bertz CT molecular complexity index is 945. The monoisotopic (exact) mass is 338 g/mol. The van der Waals surface area contributed by atoms with Crippen LogP contribution in [-0.4, -0.2) is 0 Å². The van der Waals surface area contributed by atoms with E-state index >= 15 is 0 Å². The van der Waals surface area contributed by atoms with Gasteiger partial charge in [0.05, 0.1) is 5.41 Å². The number of rotatable bonds is 4. The van der Waals surface area contributed by atoms with Crippen LogP contribution in [0.15, 0.2) is 66.3 Å². The maximum Gasteiger partial charge on any atom is 0.0752 e. The number of unbranched alkanes of at least 4 members (excludes halogenated alkanes) is 2. The molecule has 130 valence electrons. The zero-order valence-corrected chi connectivity index (χ0v) is 15.8. The van der Waals surface area contributed by atoms with Crippen molar-refractivity contribution in [1.82, 2.24) is 0 Å². The molecule has 0 aliphatic heterocycles. The van der Waals surface area contributed by atoms with Gasteiger partial charge in [-0.1, -0.05) is 80.0 Å². The highest BCUT2D eigenvalue weighted by atomic mass is 14.4. The first kappa shape index (κ1) is 16.9. The van der Waals surface area contributed by atoms with Gasteiger partial charge >= 0.3 is 0 Å². The molecule has 0 radical (unpaired) electrons. The van der Waals surface area contributed by atoms with Crippen LogP contribution in [0.5, 0.6) is 0 Å². The van der Waals surface area contributed by atoms with E-state index in [1.165, 1.54) is 46.2 Å². The van der Waals surface area contributed by atoms with E-state index in [9.17, 15) is 0 Å². The Hall–Kier alpha value is -2.52. The summed E-state index contributed by atoms with van der Waals surface area (Å²) in [6, 6.07) is 15.6. The Morgan fingerprint density at radius 2 is 1.88 bits per heavy atom. The van der Waals surface area contributed by atoms with Crippen molar-refractivity contribution in [2.75, 3.05) is 0 Å². The van der Waals surface area contributed by atoms with E-state index in [1.54, 1.807) is 0 Å². The van der Waals surface area contributed by atoms with Crippen molar-refractivity contribution in [3.8, 4) is 23.0 Å². The molecule has 0 nitrogen and oxygen atoms in total. The second kappa shape index (κ2) is 7.00. The molecule has 2 aliphatic carbocycles. The molecule has 0 amide bonds. The van der Waals surface area contributed by atoms with Gasteiger partial charge in [0.25, 0.3) is 0 Å². The number of hydrogen-bond acceptors (Lipinski definition) is 0. The molecule has 2 aliphatic rings. The number of fused-ring (bicyclic) bond motifs is 3. The van der Waals surface area contributed by atoms with Crippen LogP contribution in [0.25, 0.3) is 11.1 Å². The third-order valence-corrected chi connectivity index (χ3v) is 5.80. The molecular formula is C26H26. The Kier molecular flexibility index (Phi) is 4.56. The van der Waals surface area contributed by atoms with E-state index in [0.717, 1.165) is 19.3 Å². The van der Waals surface area contributed by atoms with Crippen molar-refractivity contribution in [1.29, 1.82) is 0 Å². The first-order chi connectivity index (χ1) is 12.7. The molecule has 0 heteroatoms. The molecule has 0 aromatic heterocycles. The van der Waals surface area contributed by atoms with Crippen molar-refractivity contribution in [2.45, 2.75) is 51.4 Å². The maximum atomic E-state index is 3.69. The van der Waals surface area contributed by atoms with E-state index in [-0.39, 0.29) is 5.41 Å². The molecule has 1 unspecified atom stereocenters. The topological polar surface area (TPSA) is 0 Å². The van der Waals surface area contributed by atoms with E-state index in [4.69, 9.17) is 0 Å². The summed E-state index contributed by atoms with van der Waals surface area (Å²) >= 11 is 0. The van der Waals surface area contributed by atoms with Crippen LogP contribution < -0.4 is 0 Å². The molecule has 0 N–H and O–H groups in total. The van der Waals surface area contributed by atoms with E-state index in [1.807, 2.05) is 0 Å². The van der Waals surface area contributed by atoms with Gasteiger partial charge in [-0.05, 0) is 59.6 Å². The number of allylic oxidation sites excluding steroid dienone is 4. The van der Waals surface area contributed by atoms with Crippen molar-refractivity contribution in [3.63, 3.8) is 0 Å². The average molecular weight is 338 g/mol. The third-order valence-electron chi connectivity index (χ3n) is 5.80. The summed E-state index contributed by atoms with van der Waals surface area (Å²) in [6.07, 6.45) is 12.1. The van der Waals surface area contributed by atoms with Gasteiger partial charge in [0, 0.05) is 6.42 Å². The molecule has 0 bridgehead atoms. The van der Waals surface area contributed by atoms with Crippen LogP contribution in [-0.2, 0) is 11.8 Å². The zero-order chi connectivity index (χ0) is 18.0. The molecule has 0 heterocycles. The molecule has 2 aromatic rings. The van der Waals surface area contributed by atoms with E-state index in [2.05, 4.69) is 86.4 Å². The van der Waals surface area contributed by atoms with E-state index < -0.39 is 0 Å². The van der Waals surface area contributed by atoms with Gasteiger partial charge in [0.2, 0.25) is 0 Å². The van der Waals surface area contributed by atoms with Crippen LogP contribution in [0.1, 0.15) is 56.2 Å². The average Bonchev–Trinajstić information content (AvgIpc) is 3.33. The largest absolute Gasteiger partial charge is 0.102 e. The van der Waals surface area contributed by atoms with Crippen LogP contribution in [0.3, 0.4) is 0 Å². The summed E-state index contributed by atoms with van der Waals surface area (Å²) in [7, 11) is 0. The predicted molar refractivity (Wildman–Crippen MR) is 111 cm³/mol. The summed E-state index contributed by atoms with van der Waals surface area (Å²) < 4.78 is 0. The van der Waals surface area contributed by atoms with Crippen molar-refractivity contribution in [3.05, 3.63) is 83.0 Å². The second-order valence-electron chi connectivity index (χ2n) is 7.52. The minimum absolute atomic E-state index is 0.204. The molecule has 1 atom stereocenters. The van der Waals surface area contributed by atoms with Gasteiger partial charge in [-0.2, -0.15) is 0 Å². The normalized spacial score (nSPS) is 16.3. The molecule has 2 aromatic carbocycles. The number of benzene rings is 2. The fourth-order valence-corrected chi connectivity index (χ4v) is 4.27. The van der Waals surface area contributed by atoms with Crippen LogP contribution in [0, 0.1) is 11.8 Å². The van der Waals surface area contributed by atoms with Crippen molar-refractivity contribution < 1.29 is 0 Å². The molecule has 0 saturated heterocycles. The van der Waals surface area contributed by atoms with Gasteiger partial charge in [0.1, 0.15) is 0 Å². The summed E-state index contributed by atoms with van der Waals surface area (Å²) in [5.41, 5.74) is 8.31. The second-order valence-corrected chi connectivity index (χ2v) is 7.52. The standard InChI is InChI=1S/C26H26/c1-3-4-5-10-18-26(2,21-13-7-8-14-21)25-17-11-16-23-22-15-9-6-12-20(22)19-24(23)25/h6-9,11-13,15-17H,3-5,14,19H2,1-2H3. The summed E-state index contributed by atoms with van der Waals surface area (Å²) in [6.45, 7) is 4.55. The Balaban J connectivity index is 1.82. The van der Waals surface area contributed by atoms with Crippen molar-refractivity contribution >= 4 is 0 Å². The van der Waals surface area contributed by atoms with Gasteiger partial charge in [-0.25, -0.2) is 0 Å². The van der Waals surface area contributed by atoms with Gasteiger partial charge in [-0.3, -0.25) is 0 Å². The highest BCUT2D eigenvalue weighted by Gasteiger charge is 2.34. The fourth-order valence-electron chi connectivity index (χ4n) is 4.27. The molecule has 0 spiro atoms. The molecule has 0 saturated carbocycles. The lowest BCUT2D eigenvalue weighted by Crippen LogP contribution is -2.24. The maximum absolute atomic E-state index is 3.69. The zero-order valence-electron chi connectivity index (χ0n) is 15.8. The molecule has 26 heavy (non-hydrogen) atoms. The smallest absolute Gasteiger partial charge is 0.0752 e. The molecular weight excluding hydrogens is 312 g/mol. The lowest BCUT2D eigenvalue weighted by Gasteiger charge is -2.29. The first-order valence-corrected chi connectivity index (χ1v) is 9.81. The van der Waals surface area contributed by atoms with Crippen LogP contribution in [0.4, 0.5) is 0 Å². The highest BCUT2D eigenvalue weighted by Crippen LogP contribution is 2.45. The Labute approximate surface area is 157 Å². The SMILES string of the molecule is CCCCC#CC(C)(C1=CC=CC1)c1cccc2c1Cc1ccccc1-2. The number of hydrogen-bond donors (Lipinski definition) is 0. The quantitative estimate of drug-likeness (QED) is 0.371. The molecule has 0 fully saturated rings. The summed E-state index contributed by atoms with van der Waals surface area (Å²) in [5, 5.41) is 0. The lowest BCUT2D eigenvalue weighted by molar-refractivity contribution is 0.707. The van der Waals surface area contributed by atoms with Gasteiger partial charge < -0.3 is 0 Å². The minimum atomic E-state index is -0.204. The van der Waals surface area contributed by atoms with Gasteiger partial charge in [-0.15, -0.1) is 5.92 Å². The highest BCUT2D eigenvalue weighted by molar-refractivity contribution is 5.79. The summed E-state index contributed by atoms with van der Waals surface area (Å²) in [4.78, 5) is 0. The van der Waals surface area contributed by atoms with Crippen LogP contribution in [0.2, 0.25) is 0 Å².